The summed E-state index contributed by atoms with van der Waals surface area (Å²) >= 11 is 0. The molecule has 1 fully saturated rings. The van der Waals surface area contributed by atoms with Crippen molar-refractivity contribution in [3.63, 3.8) is 0 Å². The van der Waals surface area contributed by atoms with Crippen molar-refractivity contribution >= 4 is 23.1 Å². The molecule has 1 aliphatic heterocycles. The number of aromatic nitrogens is 2. The van der Waals surface area contributed by atoms with E-state index >= 15 is 0 Å². The fourth-order valence-corrected chi connectivity index (χ4v) is 3.10. The zero-order chi connectivity index (χ0) is 19.2. The van der Waals surface area contributed by atoms with Crippen LogP contribution in [-0.2, 0) is 0 Å². The highest BCUT2D eigenvalue weighted by molar-refractivity contribution is 6.03. The molecular formula is C21H29N5O. The molecule has 3 rings (SSSR count). The Hall–Kier alpha value is -2.63. The second-order valence-corrected chi connectivity index (χ2v) is 7.73. The minimum absolute atomic E-state index is 0.232. The van der Waals surface area contributed by atoms with Gasteiger partial charge < -0.3 is 15.5 Å². The van der Waals surface area contributed by atoms with Gasteiger partial charge in [0.1, 0.15) is 17.8 Å². The predicted octanol–water partition coefficient (Wildman–Crippen LogP) is 4.03. The minimum Gasteiger partial charge on any atom is -0.372 e. The second-order valence-electron chi connectivity index (χ2n) is 7.73. The minimum atomic E-state index is -0.232. The van der Waals surface area contributed by atoms with Crippen molar-refractivity contribution in [1.29, 1.82) is 0 Å². The van der Waals surface area contributed by atoms with E-state index < -0.39 is 0 Å². The molecule has 1 amide bonds. The Morgan fingerprint density at radius 1 is 1.19 bits per heavy atom. The summed E-state index contributed by atoms with van der Waals surface area (Å²) in [5, 5.41) is 6.13. The number of carbonyl (C=O) groups excluding carboxylic acids is 1. The van der Waals surface area contributed by atoms with E-state index in [0.29, 0.717) is 17.4 Å². The normalized spacial score (nSPS) is 15.0. The molecular weight excluding hydrogens is 338 g/mol. The van der Waals surface area contributed by atoms with Crippen LogP contribution < -0.4 is 15.5 Å². The molecule has 1 saturated heterocycles. The number of piperidine rings is 1. The Labute approximate surface area is 161 Å². The molecule has 1 aromatic carbocycles. The zero-order valence-corrected chi connectivity index (χ0v) is 16.4. The zero-order valence-electron chi connectivity index (χ0n) is 16.4. The fraction of sp³-hybridized carbons (Fsp3) is 0.476. The molecule has 6 heteroatoms. The van der Waals surface area contributed by atoms with Crippen molar-refractivity contribution in [3.05, 3.63) is 42.4 Å². The van der Waals surface area contributed by atoms with Gasteiger partial charge in [-0.3, -0.25) is 4.79 Å². The van der Waals surface area contributed by atoms with E-state index in [0.717, 1.165) is 31.2 Å². The predicted molar refractivity (Wildman–Crippen MR) is 110 cm³/mol. The highest BCUT2D eigenvalue weighted by atomic mass is 16.1. The van der Waals surface area contributed by atoms with E-state index in [1.165, 1.54) is 24.9 Å². The van der Waals surface area contributed by atoms with Gasteiger partial charge >= 0.3 is 0 Å². The van der Waals surface area contributed by atoms with Gasteiger partial charge in [0.15, 0.2) is 0 Å². The molecule has 2 aromatic rings. The van der Waals surface area contributed by atoms with Crippen LogP contribution in [0.3, 0.4) is 0 Å². The van der Waals surface area contributed by atoms with Crippen molar-refractivity contribution in [3.8, 4) is 0 Å². The van der Waals surface area contributed by atoms with E-state index in [2.05, 4.69) is 58.4 Å². The first kappa shape index (κ1) is 19.1. The summed E-state index contributed by atoms with van der Waals surface area (Å²) in [7, 11) is 0. The van der Waals surface area contributed by atoms with Crippen molar-refractivity contribution in [1.82, 2.24) is 9.97 Å². The first-order chi connectivity index (χ1) is 13.0. The number of benzene rings is 1. The van der Waals surface area contributed by atoms with Gasteiger partial charge in [0, 0.05) is 37.1 Å². The quantitative estimate of drug-likeness (QED) is 0.806. The molecule has 1 aliphatic rings. The summed E-state index contributed by atoms with van der Waals surface area (Å²) in [6.07, 6.45) is 3.89. The van der Waals surface area contributed by atoms with Crippen LogP contribution >= 0.6 is 0 Å². The van der Waals surface area contributed by atoms with Crippen LogP contribution in [0.15, 0.2) is 36.7 Å². The van der Waals surface area contributed by atoms with Crippen LogP contribution in [0.1, 0.15) is 44.1 Å². The molecule has 2 heterocycles. The first-order valence-electron chi connectivity index (χ1n) is 9.73. The third-order valence-electron chi connectivity index (χ3n) is 4.87. The van der Waals surface area contributed by atoms with E-state index in [9.17, 15) is 4.79 Å². The monoisotopic (exact) mass is 367 g/mol. The molecule has 144 valence electrons. The second kappa shape index (κ2) is 8.84. The maximum Gasteiger partial charge on any atom is 0.274 e. The molecule has 6 nitrogen and oxygen atoms in total. The molecule has 0 unspecified atom stereocenters. The van der Waals surface area contributed by atoms with Gasteiger partial charge in [-0.05, 0) is 48.9 Å². The average molecular weight is 367 g/mol. The van der Waals surface area contributed by atoms with Crippen LogP contribution in [-0.4, -0.2) is 35.5 Å². The Morgan fingerprint density at radius 2 is 1.89 bits per heavy atom. The summed E-state index contributed by atoms with van der Waals surface area (Å²) < 4.78 is 0. The number of anilines is 3. The number of rotatable bonds is 6. The Bertz CT molecular complexity index is 751. The third kappa shape index (κ3) is 5.42. The maximum absolute atomic E-state index is 12.5. The average Bonchev–Trinajstić information content (AvgIpc) is 2.68. The maximum atomic E-state index is 12.5. The molecule has 0 radical (unpaired) electrons. The van der Waals surface area contributed by atoms with Gasteiger partial charge in [0.2, 0.25) is 0 Å². The number of amides is 1. The molecule has 2 N–H and O–H groups in total. The highest BCUT2D eigenvalue weighted by Crippen LogP contribution is 2.24. The summed E-state index contributed by atoms with van der Waals surface area (Å²) in [5.74, 6) is 1.74. The molecule has 0 spiro atoms. The van der Waals surface area contributed by atoms with Crippen molar-refractivity contribution in [2.24, 2.45) is 11.8 Å². The van der Waals surface area contributed by atoms with Gasteiger partial charge in [-0.1, -0.05) is 20.8 Å². The number of nitrogens with one attached hydrogen (secondary N) is 2. The van der Waals surface area contributed by atoms with Gasteiger partial charge in [0.25, 0.3) is 5.91 Å². The molecule has 0 bridgehead atoms. The van der Waals surface area contributed by atoms with Crippen LogP contribution in [0.5, 0.6) is 0 Å². The van der Waals surface area contributed by atoms with E-state index in [-0.39, 0.29) is 5.91 Å². The smallest absolute Gasteiger partial charge is 0.274 e. The summed E-state index contributed by atoms with van der Waals surface area (Å²) in [4.78, 5) is 23.1. The summed E-state index contributed by atoms with van der Waals surface area (Å²) in [5.41, 5.74) is 2.33. The standard InChI is InChI=1S/C21H29N5O/c1-15(2)13-22-20-12-19(23-14-24-20)21(27)25-17-4-6-18(7-5-17)26-10-8-16(3)9-11-26/h4-7,12,14-16H,8-11,13H2,1-3H3,(H,25,27)(H,22,23,24). The van der Waals surface area contributed by atoms with Gasteiger partial charge in [-0.2, -0.15) is 0 Å². The number of carbonyl (C=O) groups is 1. The van der Waals surface area contributed by atoms with Gasteiger partial charge in [-0.25, -0.2) is 9.97 Å². The topological polar surface area (TPSA) is 70.2 Å². The fourth-order valence-electron chi connectivity index (χ4n) is 3.10. The van der Waals surface area contributed by atoms with Crippen molar-refractivity contribution in [2.75, 3.05) is 35.2 Å². The van der Waals surface area contributed by atoms with E-state index in [1.807, 2.05) is 12.1 Å². The van der Waals surface area contributed by atoms with E-state index in [4.69, 9.17) is 0 Å². The first-order valence-corrected chi connectivity index (χ1v) is 9.73. The molecule has 1 aromatic heterocycles. The lowest BCUT2D eigenvalue weighted by Crippen LogP contribution is -2.32. The Balaban J connectivity index is 1.60. The van der Waals surface area contributed by atoms with Crippen LogP contribution in [0, 0.1) is 11.8 Å². The summed E-state index contributed by atoms with van der Waals surface area (Å²) in [6.45, 7) is 9.55. The molecule has 0 atom stereocenters. The Kier molecular flexibility index (Phi) is 6.27. The molecule has 0 saturated carbocycles. The van der Waals surface area contributed by atoms with Crippen LogP contribution in [0.25, 0.3) is 0 Å². The third-order valence-corrected chi connectivity index (χ3v) is 4.87. The SMILES string of the molecule is CC(C)CNc1cc(C(=O)Nc2ccc(N3CCC(C)CC3)cc2)ncn1. The lowest BCUT2D eigenvalue weighted by atomic mass is 9.99. The Morgan fingerprint density at radius 3 is 2.56 bits per heavy atom. The largest absolute Gasteiger partial charge is 0.372 e. The molecule has 0 aliphatic carbocycles. The molecule has 27 heavy (non-hydrogen) atoms. The number of hydrogen-bond acceptors (Lipinski definition) is 5. The van der Waals surface area contributed by atoms with Gasteiger partial charge in [-0.15, -0.1) is 0 Å². The van der Waals surface area contributed by atoms with Crippen molar-refractivity contribution in [2.45, 2.75) is 33.6 Å². The van der Waals surface area contributed by atoms with E-state index in [1.54, 1.807) is 6.07 Å². The highest BCUT2D eigenvalue weighted by Gasteiger charge is 2.16. The lowest BCUT2D eigenvalue weighted by molar-refractivity contribution is 0.102. The van der Waals surface area contributed by atoms with Crippen molar-refractivity contribution < 1.29 is 4.79 Å². The summed E-state index contributed by atoms with van der Waals surface area (Å²) in [6, 6.07) is 9.72. The number of nitrogens with zero attached hydrogens (tertiary/aromatic N) is 3. The lowest BCUT2D eigenvalue weighted by Gasteiger charge is -2.32. The van der Waals surface area contributed by atoms with Crippen LogP contribution in [0.4, 0.5) is 17.2 Å². The number of hydrogen-bond donors (Lipinski definition) is 2. The van der Waals surface area contributed by atoms with Crippen LogP contribution in [0.2, 0.25) is 0 Å². The van der Waals surface area contributed by atoms with Gasteiger partial charge in [0.05, 0.1) is 0 Å².